The first-order chi connectivity index (χ1) is 14.0. The second-order valence-electron chi connectivity index (χ2n) is 7.62. The molecular formula is C23H26N4OS. The van der Waals surface area contributed by atoms with Gasteiger partial charge in [-0.3, -0.25) is 4.98 Å². The van der Waals surface area contributed by atoms with Crippen molar-refractivity contribution in [1.29, 1.82) is 0 Å². The van der Waals surface area contributed by atoms with Crippen molar-refractivity contribution < 1.29 is 4.74 Å². The van der Waals surface area contributed by atoms with Gasteiger partial charge < -0.3 is 19.5 Å². The summed E-state index contributed by atoms with van der Waals surface area (Å²) in [7, 11) is 2.10. The van der Waals surface area contributed by atoms with E-state index in [1.165, 1.54) is 11.4 Å². The van der Waals surface area contributed by atoms with Crippen molar-refractivity contribution >= 4 is 23.0 Å². The summed E-state index contributed by atoms with van der Waals surface area (Å²) < 4.78 is 8.02. The largest absolute Gasteiger partial charge is 0.491 e. The molecule has 1 aromatic carbocycles. The topological polar surface area (TPSA) is 42.3 Å². The van der Waals surface area contributed by atoms with Gasteiger partial charge in [0.15, 0.2) is 5.11 Å². The van der Waals surface area contributed by atoms with Crippen molar-refractivity contribution in [2.45, 2.75) is 39.0 Å². The van der Waals surface area contributed by atoms with Gasteiger partial charge in [0.25, 0.3) is 0 Å². The van der Waals surface area contributed by atoms with E-state index in [2.05, 4.69) is 58.0 Å². The maximum Gasteiger partial charge on any atom is 0.174 e. The smallest absolute Gasteiger partial charge is 0.174 e. The molecule has 150 valence electrons. The van der Waals surface area contributed by atoms with Gasteiger partial charge in [0.05, 0.1) is 17.8 Å². The summed E-state index contributed by atoms with van der Waals surface area (Å²) in [5.74, 6) is 0.856. The Morgan fingerprint density at radius 2 is 1.83 bits per heavy atom. The number of benzene rings is 1. The Balaban J connectivity index is 1.77. The molecular weight excluding hydrogens is 380 g/mol. The second-order valence-corrected chi connectivity index (χ2v) is 8.00. The SMILES string of the molecule is Cc1ccc([C@@H]2[C@H](c3ccccn3)NC(=S)N2c2ccc(OC(C)C)cc2)n1C. The number of hydrogen-bond donors (Lipinski definition) is 1. The van der Waals surface area contributed by atoms with Crippen LogP contribution in [-0.4, -0.2) is 20.8 Å². The van der Waals surface area contributed by atoms with Gasteiger partial charge in [-0.15, -0.1) is 0 Å². The van der Waals surface area contributed by atoms with Crippen LogP contribution in [0.5, 0.6) is 5.75 Å². The molecule has 0 bridgehead atoms. The number of aryl methyl sites for hydroxylation is 1. The van der Waals surface area contributed by atoms with E-state index in [1.54, 1.807) is 0 Å². The fraction of sp³-hybridized carbons (Fsp3) is 0.304. The molecule has 2 aromatic heterocycles. The number of hydrogen-bond acceptors (Lipinski definition) is 3. The normalized spacial score (nSPS) is 18.9. The van der Waals surface area contributed by atoms with Crippen molar-refractivity contribution in [3.05, 3.63) is 77.9 Å². The van der Waals surface area contributed by atoms with Gasteiger partial charge in [-0.05, 0) is 81.5 Å². The van der Waals surface area contributed by atoms with Gasteiger partial charge in [0.1, 0.15) is 11.8 Å². The zero-order valence-electron chi connectivity index (χ0n) is 17.2. The van der Waals surface area contributed by atoms with Gasteiger partial charge >= 0.3 is 0 Å². The molecule has 3 heterocycles. The third kappa shape index (κ3) is 3.72. The number of rotatable bonds is 5. The minimum absolute atomic E-state index is 0.00651. The number of anilines is 1. The van der Waals surface area contributed by atoms with Crippen LogP contribution in [0.4, 0.5) is 5.69 Å². The molecule has 0 aliphatic carbocycles. The van der Waals surface area contributed by atoms with Crippen molar-refractivity contribution in [3.63, 3.8) is 0 Å². The van der Waals surface area contributed by atoms with Crippen LogP contribution in [0.1, 0.15) is 43.0 Å². The van der Waals surface area contributed by atoms with Gasteiger partial charge in [0.2, 0.25) is 0 Å². The number of aromatic nitrogens is 2. The molecule has 5 nitrogen and oxygen atoms in total. The molecule has 1 N–H and O–H groups in total. The van der Waals surface area contributed by atoms with Crippen molar-refractivity contribution in [3.8, 4) is 5.75 Å². The van der Waals surface area contributed by atoms with Crippen LogP contribution in [0.25, 0.3) is 0 Å². The quantitative estimate of drug-likeness (QED) is 0.623. The highest BCUT2D eigenvalue weighted by Gasteiger charge is 2.41. The zero-order valence-corrected chi connectivity index (χ0v) is 18.0. The van der Waals surface area contributed by atoms with Crippen LogP contribution in [0.3, 0.4) is 0 Å². The molecule has 3 aromatic rings. The average molecular weight is 407 g/mol. The number of nitrogens with zero attached hydrogens (tertiary/aromatic N) is 3. The molecule has 2 atom stereocenters. The second kappa shape index (κ2) is 7.87. The number of pyridine rings is 1. The van der Waals surface area contributed by atoms with E-state index >= 15 is 0 Å². The first-order valence-corrected chi connectivity index (χ1v) is 10.3. The number of nitrogens with one attached hydrogen (secondary N) is 1. The predicted molar refractivity (Wildman–Crippen MR) is 120 cm³/mol. The lowest BCUT2D eigenvalue weighted by Gasteiger charge is -2.28. The maximum absolute atomic E-state index is 5.80. The third-order valence-corrected chi connectivity index (χ3v) is 5.61. The first-order valence-electron chi connectivity index (χ1n) is 9.85. The molecule has 0 radical (unpaired) electrons. The monoisotopic (exact) mass is 406 g/mol. The van der Waals surface area contributed by atoms with Crippen LogP contribution in [0.15, 0.2) is 60.8 Å². The highest BCUT2D eigenvalue weighted by atomic mass is 32.1. The molecule has 0 amide bonds. The third-order valence-electron chi connectivity index (χ3n) is 5.30. The fourth-order valence-electron chi connectivity index (χ4n) is 3.82. The molecule has 0 saturated carbocycles. The fourth-order valence-corrected chi connectivity index (χ4v) is 4.17. The molecule has 1 aliphatic rings. The van der Waals surface area contributed by atoms with Crippen molar-refractivity contribution in [1.82, 2.24) is 14.9 Å². The maximum atomic E-state index is 5.80. The molecule has 4 rings (SSSR count). The highest BCUT2D eigenvalue weighted by Crippen LogP contribution is 2.42. The highest BCUT2D eigenvalue weighted by molar-refractivity contribution is 7.80. The van der Waals surface area contributed by atoms with Crippen LogP contribution in [0.2, 0.25) is 0 Å². The van der Waals surface area contributed by atoms with Gasteiger partial charge in [0, 0.05) is 30.3 Å². The molecule has 1 saturated heterocycles. The Kier molecular flexibility index (Phi) is 5.28. The van der Waals surface area contributed by atoms with Gasteiger partial charge in [-0.2, -0.15) is 0 Å². The van der Waals surface area contributed by atoms with E-state index in [1.807, 2.05) is 50.4 Å². The lowest BCUT2D eigenvalue weighted by atomic mass is 10.0. The standard InChI is InChI=1S/C23H26N4OS/c1-15(2)28-18-11-9-17(10-12-18)27-22(20-13-8-16(3)26(20)4)21(25-23(27)29)19-7-5-6-14-24-19/h5-15,21-22H,1-4H3,(H,25,29)/t21-,22+/m0/s1. The molecule has 1 fully saturated rings. The Morgan fingerprint density at radius 3 is 2.41 bits per heavy atom. The molecule has 29 heavy (non-hydrogen) atoms. The Hall–Kier alpha value is -2.86. The van der Waals surface area contributed by atoms with Crippen LogP contribution < -0.4 is 15.0 Å². The van der Waals surface area contributed by atoms with E-state index in [4.69, 9.17) is 17.0 Å². The molecule has 0 spiro atoms. The van der Waals surface area contributed by atoms with E-state index in [9.17, 15) is 0 Å². The molecule has 6 heteroatoms. The van der Waals surface area contributed by atoms with E-state index in [0.717, 1.165) is 17.1 Å². The van der Waals surface area contributed by atoms with Crippen LogP contribution in [-0.2, 0) is 7.05 Å². The predicted octanol–water partition coefficient (Wildman–Crippen LogP) is 4.69. The summed E-state index contributed by atoms with van der Waals surface area (Å²) in [5.41, 5.74) is 4.40. The zero-order chi connectivity index (χ0) is 20.5. The lowest BCUT2D eigenvalue weighted by Crippen LogP contribution is -2.30. The Morgan fingerprint density at radius 1 is 1.07 bits per heavy atom. The van der Waals surface area contributed by atoms with Gasteiger partial charge in [-0.25, -0.2) is 0 Å². The van der Waals surface area contributed by atoms with Gasteiger partial charge in [-0.1, -0.05) is 6.07 Å². The summed E-state index contributed by atoms with van der Waals surface area (Å²) >= 11 is 5.78. The number of ether oxygens (including phenoxy) is 1. The Bertz CT molecular complexity index is 997. The summed E-state index contributed by atoms with van der Waals surface area (Å²) in [6.45, 7) is 6.17. The van der Waals surface area contributed by atoms with Crippen molar-refractivity contribution in [2.75, 3.05) is 4.90 Å². The summed E-state index contributed by atoms with van der Waals surface area (Å²) in [5, 5.41) is 4.20. The van der Waals surface area contributed by atoms with Crippen LogP contribution in [0, 0.1) is 6.92 Å². The van der Waals surface area contributed by atoms with E-state index < -0.39 is 0 Å². The minimum Gasteiger partial charge on any atom is -0.491 e. The summed E-state index contributed by atoms with van der Waals surface area (Å²) in [6.07, 6.45) is 1.97. The molecule has 0 unspecified atom stereocenters. The lowest BCUT2D eigenvalue weighted by molar-refractivity contribution is 0.242. The number of thiocarbonyl (C=S) groups is 1. The first kappa shape index (κ1) is 19.5. The van der Waals surface area contributed by atoms with E-state index in [-0.39, 0.29) is 18.2 Å². The van der Waals surface area contributed by atoms with Crippen LogP contribution >= 0.6 is 12.2 Å². The summed E-state index contributed by atoms with van der Waals surface area (Å²) in [6, 6.07) is 18.4. The summed E-state index contributed by atoms with van der Waals surface area (Å²) in [4.78, 5) is 6.79. The molecule has 1 aliphatic heterocycles. The minimum atomic E-state index is -0.0386. The Labute approximate surface area is 177 Å². The van der Waals surface area contributed by atoms with Crippen molar-refractivity contribution in [2.24, 2.45) is 7.05 Å². The average Bonchev–Trinajstić information content (AvgIpc) is 3.22. The van der Waals surface area contributed by atoms with E-state index in [0.29, 0.717) is 5.11 Å².